The largest absolute Gasteiger partial charge is 0.484 e. The molecule has 3 rings (SSSR count). The van der Waals surface area contributed by atoms with Crippen molar-refractivity contribution in [2.24, 2.45) is 0 Å². The van der Waals surface area contributed by atoms with Crippen LogP contribution < -0.4 is 10.1 Å². The third-order valence-electron chi connectivity index (χ3n) is 3.49. The number of carbonyl (C=O) groups excluding carboxylic acids is 1. The minimum absolute atomic E-state index is 0.0533. The van der Waals surface area contributed by atoms with E-state index in [1.807, 2.05) is 43.3 Å². The van der Waals surface area contributed by atoms with Crippen LogP contribution in [0.5, 0.6) is 5.75 Å². The molecule has 3 aromatic rings. The third kappa shape index (κ3) is 3.75. The van der Waals surface area contributed by atoms with Crippen molar-refractivity contribution in [3.8, 4) is 11.4 Å². The first kappa shape index (κ1) is 15.7. The predicted molar refractivity (Wildman–Crippen MR) is 89.1 cm³/mol. The van der Waals surface area contributed by atoms with Gasteiger partial charge in [-0.25, -0.2) is 4.68 Å². The number of aromatic nitrogens is 4. The fourth-order valence-corrected chi connectivity index (χ4v) is 2.26. The van der Waals surface area contributed by atoms with Crippen LogP contribution in [0, 0.1) is 0 Å². The fourth-order valence-electron chi connectivity index (χ4n) is 2.26. The van der Waals surface area contributed by atoms with Crippen molar-refractivity contribution in [1.82, 2.24) is 20.2 Å². The Morgan fingerprint density at radius 2 is 1.96 bits per heavy atom. The van der Waals surface area contributed by atoms with E-state index >= 15 is 0 Å². The Balaban J connectivity index is 1.56. The van der Waals surface area contributed by atoms with Crippen LogP contribution in [0.3, 0.4) is 0 Å². The number of ether oxygens (including phenoxy) is 1. The van der Waals surface area contributed by atoms with Gasteiger partial charge in [0.1, 0.15) is 12.1 Å². The summed E-state index contributed by atoms with van der Waals surface area (Å²) >= 11 is 0. The van der Waals surface area contributed by atoms with E-state index in [2.05, 4.69) is 20.8 Å². The van der Waals surface area contributed by atoms with Crippen molar-refractivity contribution >= 4 is 11.6 Å². The maximum Gasteiger partial charge on any atom is 0.262 e. The maximum absolute atomic E-state index is 12.0. The smallest absolute Gasteiger partial charge is 0.262 e. The highest BCUT2D eigenvalue weighted by molar-refractivity contribution is 5.92. The second kappa shape index (κ2) is 7.36. The van der Waals surface area contributed by atoms with Crippen LogP contribution in [-0.4, -0.2) is 32.7 Å². The van der Waals surface area contributed by atoms with E-state index in [1.165, 1.54) is 11.0 Å². The molecule has 7 heteroatoms. The van der Waals surface area contributed by atoms with Gasteiger partial charge in [-0.1, -0.05) is 25.1 Å². The average Bonchev–Trinajstić information content (AvgIpc) is 3.15. The van der Waals surface area contributed by atoms with Crippen molar-refractivity contribution in [2.75, 3.05) is 11.9 Å². The molecule has 1 heterocycles. The second-order valence-electron chi connectivity index (χ2n) is 5.10. The summed E-state index contributed by atoms with van der Waals surface area (Å²) in [5.41, 5.74) is 2.73. The molecule has 1 amide bonds. The van der Waals surface area contributed by atoms with Crippen molar-refractivity contribution in [3.63, 3.8) is 0 Å². The first-order valence-corrected chi connectivity index (χ1v) is 7.60. The van der Waals surface area contributed by atoms with Gasteiger partial charge < -0.3 is 10.1 Å². The molecule has 122 valence electrons. The quantitative estimate of drug-likeness (QED) is 0.752. The molecule has 24 heavy (non-hydrogen) atoms. The van der Waals surface area contributed by atoms with E-state index in [0.29, 0.717) is 5.75 Å². The standard InChI is InChI=1S/C17H17N5O2/c1-2-13-5-3-4-6-16(13)19-17(23)11-24-15-9-7-14(8-10-15)22-12-18-20-21-22/h3-10,12H,2,11H2,1H3,(H,19,23). The van der Waals surface area contributed by atoms with Crippen LogP contribution in [-0.2, 0) is 11.2 Å². The van der Waals surface area contributed by atoms with Gasteiger partial charge in [0.2, 0.25) is 0 Å². The Labute approximate surface area is 139 Å². The zero-order valence-electron chi connectivity index (χ0n) is 13.2. The molecular weight excluding hydrogens is 306 g/mol. The van der Waals surface area contributed by atoms with Crippen molar-refractivity contribution in [3.05, 3.63) is 60.4 Å². The molecule has 1 N–H and O–H groups in total. The molecular formula is C17H17N5O2. The van der Waals surface area contributed by atoms with Gasteiger partial charge in [-0.15, -0.1) is 5.10 Å². The van der Waals surface area contributed by atoms with Crippen LogP contribution >= 0.6 is 0 Å². The Morgan fingerprint density at radius 1 is 1.17 bits per heavy atom. The van der Waals surface area contributed by atoms with E-state index in [1.54, 1.807) is 12.1 Å². The highest BCUT2D eigenvalue weighted by Gasteiger charge is 2.07. The summed E-state index contributed by atoms with van der Waals surface area (Å²) < 4.78 is 7.05. The third-order valence-corrected chi connectivity index (χ3v) is 3.49. The highest BCUT2D eigenvalue weighted by Crippen LogP contribution is 2.16. The van der Waals surface area contributed by atoms with Gasteiger partial charge in [-0.2, -0.15) is 0 Å². The fraction of sp³-hybridized carbons (Fsp3) is 0.176. The minimum atomic E-state index is -0.194. The van der Waals surface area contributed by atoms with E-state index < -0.39 is 0 Å². The summed E-state index contributed by atoms with van der Waals surface area (Å²) in [4.78, 5) is 12.0. The normalized spacial score (nSPS) is 10.4. The lowest BCUT2D eigenvalue weighted by Crippen LogP contribution is -2.20. The molecule has 7 nitrogen and oxygen atoms in total. The van der Waals surface area contributed by atoms with Gasteiger partial charge in [-0.3, -0.25) is 4.79 Å². The van der Waals surface area contributed by atoms with Gasteiger partial charge in [0.15, 0.2) is 6.61 Å². The lowest BCUT2D eigenvalue weighted by atomic mass is 10.1. The van der Waals surface area contributed by atoms with Gasteiger partial charge in [0, 0.05) is 5.69 Å². The van der Waals surface area contributed by atoms with Crippen molar-refractivity contribution < 1.29 is 9.53 Å². The van der Waals surface area contributed by atoms with E-state index in [9.17, 15) is 4.79 Å². The summed E-state index contributed by atoms with van der Waals surface area (Å²) in [6, 6.07) is 14.9. The Kier molecular flexibility index (Phi) is 4.81. The summed E-state index contributed by atoms with van der Waals surface area (Å²) in [6.45, 7) is 2.00. The highest BCUT2D eigenvalue weighted by atomic mass is 16.5. The maximum atomic E-state index is 12.0. The number of hydrogen-bond acceptors (Lipinski definition) is 5. The molecule has 1 aromatic heterocycles. The Hall–Kier alpha value is -3.22. The average molecular weight is 323 g/mol. The number of hydrogen-bond donors (Lipinski definition) is 1. The lowest BCUT2D eigenvalue weighted by molar-refractivity contribution is -0.118. The molecule has 0 saturated heterocycles. The molecule has 0 aliphatic carbocycles. The number of nitrogens with zero attached hydrogens (tertiary/aromatic N) is 4. The van der Waals surface area contributed by atoms with Gasteiger partial charge in [0.25, 0.3) is 5.91 Å². The topological polar surface area (TPSA) is 81.9 Å². The first-order chi connectivity index (χ1) is 11.8. The zero-order chi connectivity index (χ0) is 16.8. The molecule has 0 unspecified atom stereocenters. The summed E-state index contributed by atoms with van der Waals surface area (Å²) in [7, 11) is 0. The zero-order valence-corrected chi connectivity index (χ0v) is 13.2. The van der Waals surface area contributed by atoms with Crippen LogP contribution in [0.2, 0.25) is 0 Å². The number of tetrazole rings is 1. The molecule has 0 fully saturated rings. The SMILES string of the molecule is CCc1ccccc1NC(=O)COc1ccc(-n2cnnn2)cc1. The number of amides is 1. The molecule has 2 aromatic carbocycles. The number of anilines is 1. The molecule has 0 aliphatic rings. The van der Waals surface area contributed by atoms with Crippen LogP contribution in [0.4, 0.5) is 5.69 Å². The molecule has 0 aliphatic heterocycles. The molecule has 0 saturated carbocycles. The number of rotatable bonds is 6. The summed E-state index contributed by atoms with van der Waals surface area (Å²) in [5.74, 6) is 0.409. The number of aryl methyl sites for hydroxylation is 1. The predicted octanol–water partition coefficient (Wildman–Crippen LogP) is 2.24. The molecule has 0 bridgehead atoms. The van der Waals surface area contributed by atoms with E-state index in [-0.39, 0.29) is 12.5 Å². The number of para-hydroxylation sites is 1. The Morgan fingerprint density at radius 3 is 2.67 bits per heavy atom. The lowest BCUT2D eigenvalue weighted by Gasteiger charge is -2.10. The summed E-state index contributed by atoms with van der Waals surface area (Å²) in [5, 5.41) is 13.8. The number of nitrogens with one attached hydrogen (secondary N) is 1. The minimum Gasteiger partial charge on any atom is -0.484 e. The van der Waals surface area contributed by atoms with Crippen LogP contribution in [0.15, 0.2) is 54.9 Å². The van der Waals surface area contributed by atoms with Gasteiger partial charge in [-0.05, 0) is 52.7 Å². The number of carbonyl (C=O) groups is 1. The van der Waals surface area contributed by atoms with E-state index in [0.717, 1.165) is 23.4 Å². The summed E-state index contributed by atoms with van der Waals surface area (Å²) in [6.07, 6.45) is 2.37. The second-order valence-corrected chi connectivity index (χ2v) is 5.10. The monoisotopic (exact) mass is 323 g/mol. The molecule has 0 atom stereocenters. The van der Waals surface area contributed by atoms with Crippen molar-refractivity contribution in [2.45, 2.75) is 13.3 Å². The molecule has 0 spiro atoms. The van der Waals surface area contributed by atoms with Gasteiger partial charge >= 0.3 is 0 Å². The van der Waals surface area contributed by atoms with E-state index in [4.69, 9.17) is 4.74 Å². The number of benzene rings is 2. The Bertz CT molecular complexity index is 800. The first-order valence-electron chi connectivity index (χ1n) is 7.60. The molecule has 0 radical (unpaired) electrons. The van der Waals surface area contributed by atoms with Crippen LogP contribution in [0.1, 0.15) is 12.5 Å². The van der Waals surface area contributed by atoms with Gasteiger partial charge in [0.05, 0.1) is 5.69 Å². The van der Waals surface area contributed by atoms with Crippen molar-refractivity contribution in [1.29, 1.82) is 0 Å². The van der Waals surface area contributed by atoms with Crippen LogP contribution in [0.25, 0.3) is 5.69 Å².